The van der Waals surface area contributed by atoms with Crippen LogP contribution in [0.2, 0.25) is 0 Å². The van der Waals surface area contributed by atoms with Gasteiger partial charge < -0.3 is 19.7 Å². The van der Waals surface area contributed by atoms with Crippen molar-refractivity contribution in [2.75, 3.05) is 6.61 Å². The highest BCUT2D eigenvalue weighted by Crippen LogP contribution is 2.67. The SMILES string of the molecule is C#C[C@@]1(O)CCC2C3CCC4=CC(=NOCC(=O)NCc5ccco5)CC[C@]4(C)C3CC[C@@]21C. The maximum Gasteiger partial charge on any atom is 0.261 e. The van der Waals surface area contributed by atoms with E-state index in [9.17, 15) is 9.90 Å². The lowest BCUT2D eigenvalue weighted by Gasteiger charge is -2.58. The molecule has 0 aliphatic heterocycles. The monoisotopic (exact) mass is 464 g/mol. The summed E-state index contributed by atoms with van der Waals surface area (Å²) in [6.07, 6.45) is 17.6. The van der Waals surface area contributed by atoms with E-state index in [1.54, 1.807) is 12.3 Å². The van der Waals surface area contributed by atoms with Gasteiger partial charge in [0.2, 0.25) is 0 Å². The van der Waals surface area contributed by atoms with E-state index in [4.69, 9.17) is 15.7 Å². The summed E-state index contributed by atoms with van der Waals surface area (Å²) >= 11 is 0. The molecule has 182 valence electrons. The van der Waals surface area contributed by atoms with E-state index in [2.05, 4.69) is 36.3 Å². The summed E-state index contributed by atoms with van der Waals surface area (Å²) in [5.41, 5.74) is 1.45. The molecule has 6 atom stereocenters. The Hall–Kier alpha value is -2.52. The van der Waals surface area contributed by atoms with Gasteiger partial charge >= 0.3 is 0 Å². The number of allylic oxidation sites excluding steroid dienone is 2. The first-order chi connectivity index (χ1) is 16.3. The molecule has 34 heavy (non-hydrogen) atoms. The van der Waals surface area contributed by atoms with Crippen LogP contribution >= 0.6 is 0 Å². The van der Waals surface area contributed by atoms with Crippen molar-refractivity contribution in [1.82, 2.24) is 5.32 Å². The minimum absolute atomic E-state index is 0.103. The van der Waals surface area contributed by atoms with Crippen molar-refractivity contribution >= 4 is 11.6 Å². The number of aliphatic hydroxyl groups is 1. The number of hydrogen-bond acceptors (Lipinski definition) is 5. The van der Waals surface area contributed by atoms with E-state index in [1.807, 2.05) is 6.07 Å². The van der Waals surface area contributed by atoms with E-state index in [0.717, 1.165) is 57.1 Å². The Morgan fingerprint density at radius 1 is 1.26 bits per heavy atom. The van der Waals surface area contributed by atoms with E-state index in [0.29, 0.717) is 30.1 Å². The zero-order valence-corrected chi connectivity index (χ0v) is 20.3. The molecular weight excluding hydrogens is 428 g/mol. The van der Waals surface area contributed by atoms with Crippen LogP contribution in [0.5, 0.6) is 0 Å². The average molecular weight is 465 g/mol. The van der Waals surface area contributed by atoms with Crippen LogP contribution in [0, 0.1) is 40.9 Å². The van der Waals surface area contributed by atoms with Crippen molar-refractivity contribution < 1.29 is 19.2 Å². The second kappa shape index (κ2) is 8.61. The van der Waals surface area contributed by atoms with Crippen LogP contribution < -0.4 is 5.32 Å². The van der Waals surface area contributed by atoms with Crippen LogP contribution in [0.4, 0.5) is 0 Å². The molecule has 3 fully saturated rings. The number of rotatable bonds is 5. The summed E-state index contributed by atoms with van der Waals surface area (Å²) in [7, 11) is 0. The number of carbonyl (C=O) groups excluding carboxylic acids is 1. The molecule has 0 bridgehead atoms. The molecule has 3 saturated carbocycles. The maximum atomic E-state index is 12.0. The summed E-state index contributed by atoms with van der Waals surface area (Å²) in [6, 6.07) is 3.61. The fraction of sp³-hybridized carbons (Fsp3) is 0.643. The van der Waals surface area contributed by atoms with E-state index in [-0.39, 0.29) is 23.3 Å². The van der Waals surface area contributed by atoms with Crippen molar-refractivity contribution in [3.63, 3.8) is 0 Å². The lowest BCUT2D eigenvalue weighted by molar-refractivity contribution is -0.125. The molecule has 6 heteroatoms. The number of carbonyl (C=O) groups is 1. The van der Waals surface area contributed by atoms with Crippen molar-refractivity contribution in [3.8, 4) is 12.3 Å². The van der Waals surface area contributed by atoms with Crippen LogP contribution in [0.25, 0.3) is 0 Å². The van der Waals surface area contributed by atoms with Crippen LogP contribution in [-0.2, 0) is 16.2 Å². The van der Waals surface area contributed by atoms with Gasteiger partial charge in [-0.1, -0.05) is 30.5 Å². The Balaban J connectivity index is 1.22. The number of hydrogen-bond donors (Lipinski definition) is 2. The van der Waals surface area contributed by atoms with Gasteiger partial charge in [0.15, 0.2) is 6.61 Å². The zero-order valence-electron chi connectivity index (χ0n) is 20.3. The quantitative estimate of drug-likeness (QED) is 0.493. The molecule has 5 rings (SSSR count). The summed E-state index contributed by atoms with van der Waals surface area (Å²) in [4.78, 5) is 17.4. The molecule has 3 unspecified atom stereocenters. The first kappa shape index (κ1) is 23.2. The molecule has 1 amide bonds. The third kappa shape index (κ3) is 3.69. The van der Waals surface area contributed by atoms with Gasteiger partial charge in [-0.25, -0.2) is 0 Å². The predicted molar refractivity (Wildman–Crippen MR) is 129 cm³/mol. The van der Waals surface area contributed by atoms with E-state index < -0.39 is 5.60 Å². The van der Waals surface area contributed by atoms with Gasteiger partial charge in [0, 0.05) is 5.41 Å². The number of oxime groups is 1. The Morgan fingerprint density at radius 2 is 2.09 bits per heavy atom. The molecule has 4 aliphatic rings. The molecule has 1 heterocycles. The number of nitrogens with one attached hydrogen (secondary N) is 1. The number of terminal acetylenes is 1. The third-order valence-corrected chi connectivity index (χ3v) is 9.79. The standard InChI is InChI=1S/C28H36N2O4/c1-4-28(32)14-11-24-22-8-7-19-16-20(9-12-26(19,2)23(22)10-13-27(24,28)3)30-34-18-25(31)29-17-21-6-5-15-33-21/h1,5-6,15-16,22-24,32H,7-14,17-18H2,2-3H3,(H,29,31)/t22?,23?,24?,26-,27-,28+/m0/s1. The smallest absolute Gasteiger partial charge is 0.261 e. The molecule has 0 radical (unpaired) electrons. The number of amides is 1. The van der Waals surface area contributed by atoms with Crippen molar-refractivity contribution in [1.29, 1.82) is 0 Å². The topological polar surface area (TPSA) is 84.1 Å². The molecule has 6 nitrogen and oxygen atoms in total. The van der Waals surface area contributed by atoms with Crippen molar-refractivity contribution in [2.45, 2.75) is 77.4 Å². The summed E-state index contributed by atoms with van der Waals surface area (Å²) < 4.78 is 5.21. The number of fused-ring (bicyclic) bond motifs is 5. The van der Waals surface area contributed by atoms with Gasteiger partial charge in [0.05, 0.1) is 18.5 Å². The molecule has 4 aliphatic carbocycles. The van der Waals surface area contributed by atoms with Crippen molar-refractivity contribution in [2.24, 2.45) is 33.7 Å². The molecular formula is C28H36N2O4. The Morgan fingerprint density at radius 3 is 2.85 bits per heavy atom. The highest BCUT2D eigenvalue weighted by Gasteiger charge is 2.63. The Labute approximate surface area is 202 Å². The Kier molecular flexibility index (Phi) is 5.88. The van der Waals surface area contributed by atoms with Crippen molar-refractivity contribution in [3.05, 3.63) is 35.8 Å². The van der Waals surface area contributed by atoms with E-state index in [1.165, 1.54) is 5.57 Å². The fourth-order valence-corrected chi connectivity index (χ4v) is 7.72. The summed E-state index contributed by atoms with van der Waals surface area (Å²) in [5, 5.41) is 18.2. The molecule has 0 aromatic carbocycles. The molecule has 0 saturated heterocycles. The molecule has 1 aromatic heterocycles. The largest absolute Gasteiger partial charge is 0.467 e. The Bertz CT molecular complexity index is 1040. The zero-order chi connectivity index (χ0) is 24.0. The molecule has 1 aromatic rings. The van der Waals surface area contributed by atoms with Gasteiger partial charge in [-0.05, 0) is 92.7 Å². The van der Waals surface area contributed by atoms with Gasteiger partial charge in [-0.3, -0.25) is 4.79 Å². The molecule has 0 spiro atoms. The number of nitrogens with zero attached hydrogens (tertiary/aromatic N) is 1. The number of furan rings is 1. The molecule has 2 N–H and O–H groups in total. The van der Waals surface area contributed by atoms with Gasteiger partial charge in [-0.15, -0.1) is 6.42 Å². The lowest BCUT2D eigenvalue weighted by Crippen LogP contribution is -2.54. The van der Waals surface area contributed by atoms with Crippen LogP contribution in [0.1, 0.15) is 71.0 Å². The van der Waals surface area contributed by atoms with Crippen LogP contribution in [0.3, 0.4) is 0 Å². The normalized spacial score (nSPS) is 39.9. The highest BCUT2D eigenvalue weighted by atomic mass is 16.6. The third-order valence-electron chi connectivity index (χ3n) is 9.79. The lowest BCUT2D eigenvalue weighted by atomic mass is 9.46. The predicted octanol–water partition coefficient (Wildman–Crippen LogP) is 4.60. The highest BCUT2D eigenvalue weighted by molar-refractivity contribution is 5.96. The first-order valence-corrected chi connectivity index (χ1v) is 12.7. The van der Waals surface area contributed by atoms with Crippen LogP contribution in [-0.4, -0.2) is 28.9 Å². The van der Waals surface area contributed by atoms with E-state index >= 15 is 0 Å². The van der Waals surface area contributed by atoms with Gasteiger partial charge in [-0.2, -0.15) is 0 Å². The average Bonchev–Trinajstić information content (AvgIpc) is 3.44. The fourth-order valence-electron chi connectivity index (χ4n) is 7.72. The van der Waals surface area contributed by atoms with Gasteiger partial charge in [0.25, 0.3) is 5.91 Å². The second-order valence-corrected chi connectivity index (χ2v) is 11.2. The first-order valence-electron chi connectivity index (χ1n) is 12.7. The van der Waals surface area contributed by atoms with Crippen LogP contribution in [0.15, 0.2) is 39.6 Å². The maximum absolute atomic E-state index is 12.0. The summed E-state index contributed by atoms with van der Waals surface area (Å²) in [6.45, 7) is 4.91. The van der Waals surface area contributed by atoms with Gasteiger partial charge in [0.1, 0.15) is 11.4 Å². The second-order valence-electron chi connectivity index (χ2n) is 11.2. The minimum Gasteiger partial charge on any atom is -0.467 e. The summed E-state index contributed by atoms with van der Waals surface area (Å²) in [5.74, 6) is 5.01. The minimum atomic E-state index is -0.951.